The van der Waals surface area contributed by atoms with Crippen LogP contribution in [0.25, 0.3) is 0 Å². The Balaban J connectivity index is 0.00000248. The normalized spacial score (nSPS) is 16.9. The Hall–Kier alpha value is -3.26. The molecule has 1 amide bonds. The summed E-state index contributed by atoms with van der Waals surface area (Å²) in [5.74, 6) is 0.0623. The Morgan fingerprint density at radius 1 is 0.953 bits per heavy atom. The lowest BCUT2D eigenvalue weighted by Crippen LogP contribution is -2.47. The number of nitrogens with one attached hydrogen (secondary N) is 2. The van der Waals surface area contributed by atoms with E-state index in [2.05, 4.69) is 25.5 Å². The lowest BCUT2D eigenvalue weighted by Gasteiger charge is -2.36. The molecule has 0 spiro atoms. The summed E-state index contributed by atoms with van der Waals surface area (Å²) in [6, 6.07) is 6.33. The van der Waals surface area contributed by atoms with E-state index in [0.717, 1.165) is 31.8 Å². The van der Waals surface area contributed by atoms with E-state index in [1.54, 1.807) is 11.0 Å². The lowest BCUT2D eigenvalue weighted by atomic mass is 10.0. The number of carbonyl (C=O) groups excluding carboxylic acids is 1. The molecule has 8 nitrogen and oxygen atoms in total. The number of carbonyl (C=O) groups is 1. The number of pyridine rings is 1. The molecule has 0 unspecified atom stereocenters. The molecule has 2 fully saturated rings. The molecule has 1 aromatic heterocycles. The molecule has 0 radical (unpaired) electrons. The largest absolute Gasteiger partial charge is 0.433 e. The van der Waals surface area contributed by atoms with Gasteiger partial charge in [0.05, 0.1) is 30.2 Å². The summed E-state index contributed by atoms with van der Waals surface area (Å²) in [6.07, 6.45) is -5.37. The summed E-state index contributed by atoms with van der Waals surface area (Å²) in [4.78, 5) is 27.0. The Labute approximate surface area is 248 Å². The van der Waals surface area contributed by atoms with Gasteiger partial charge in [0.15, 0.2) is 0 Å². The monoisotopic (exact) mass is 618 g/mol. The molecule has 3 heterocycles. The second-order valence-corrected chi connectivity index (χ2v) is 10.2. The molecule has 2 N–H and O–H groups in total. The average molecular weight is 619 g/mol. The molecule has 240 valence electrons. The minimum atomic E-state index is -4.54. The van der Waals surface area contributed by atoms with Crippen molar-refractivity contribution in [3.05, 3.63) is 47.8 Å². The Kier molecular flexibility index (Phi) is 12.3. The van der Waals surface area contributed by atoms with Crippen LogP contribution < -0.4 is 15.7 Å². The van der Waals surface area contributed by atoms with Crippen LogP contribution >= 0.6 is 0 Å². The fourth-order valence-corrected chi connectivity index (χ4v) is 5.16. The standard InChI is InChI=1S/C27H34F6N6O2.C2H6/c1-41-36-23-6-4-20(17-22(23)26(28,29)30)35-19-8-11-39(12-9-19)25(40)3-2-10-37-13-15-38(16-14-37)21-5-7-24(34-18-21)27(31,32)33;1-2/h4-7,17-19,35-36H,2-3,8-16H2,1H3;1-2H3. The summed E-state index contributed by atoms with van der Waals surface area (Å²) in [6.45, 7) is 8.63. The molecule has 1 aromatic carbocycles. The maximum atomic E-state index is 13.4. The van der Waals surface area contributed by atoms with Crippen molar-refractivity contribution in [1.82, 2.24) is 14.8 Å². The zero-order valence-corrected chi connectivity index (χ0v) is 24.7. The smallest absolute Gasteiger partial charge is 0.382 e. The number of rotatable bonds is 9. The number of amides is 1. The maximum absolute atomic E-state index is 13.4. The van der Waals surface area contributed by atoms with Gasteiger partial charge >= 0.3 is 12.4 Å². The third-order valence-electron chi connectivity index (χ3n) is 7.40. The number of likely N-dealkylation sites (tertiary alicyclic amines) is 1. The number of hydrogen-bond donors (Lipinski definition) is 2. The Bertz CT molecular complexity index is 1150. The van der Waals surface area contributed by atoms with Crippen molar-refractivity contribution in [2.45, 2.75) is 57.9 Å². The van der Waals surface area contributed by atoms with Crippen molar-refractivity contribution in [1.29, 1.82) is 0 Å². The molecule has 4 rings (SSSR count). The lowest BCUT2D eigenvalue weighted by molar-refractivity contribution is -0.141. The highest BCUT2D eigenvalue weighted by molar-refractivity contribution is 5.76. The zero-order chi connectivity index (χ0) is 31.6. The van der Waals surface area contributed by atoms with Crippen molar-refractivity contribution in [3.8, 4) is 0 Å². The van der Waals surface area contributed by atoms with Crippen molar-refractivity contribution in [3.63, 3.8) is 0 Å². The number of aromatic nitrogens is 1. The Morgan fingerprint density at radius 3 is 2.19 bits per heavy atom. The van der Waals surface area contributed by atoms with Crippen LogP contribution in [0.15, 0.2) is 36.5 Å². The summed E-state index contributed by atoms with van der Waals surface area (Å²) in [5, 5.41) is 3.16. The molecule has 0 saturated carbocycles. The first kappa shape index (κ1) is 34.2. The zero-order valence-electron chi connectivity index (χ0n) is 24.7. The van der Waals surface area contributed by atoms with E-state index in [4.69, 9.17) is 0 Å². The number of benzene rings is 1. The molecule has 0 atom stereocenters. The first-order valence-corrected chi connectivity index (χ1v) is 14.5. The SMILES string of the molecule is CC.CONc1ccc(NC2CCN(C(=O)CCCN3CCN(c4ccc(C(F)(F)F)nc4)CC3)CC2)cc1C(F)(F)F. The third kappa shape index (κ3) is 9.88. The van der Waals surface area contributed by atoms with Gasteiger partial charge in [0.25, 0.3) is 0 Å². The summed E-state index contributed by atoms with van der Waals surface area (Å²) in [7, 11) is 1.25. The first-order chi connectivity index (χ1) is 20.4. The fraction of sp³-hybridized carbons (Fsp3) is 0.586. The van der Waals surface area contributed by atoms with Gasteiger partial charge in [-0.05, 0) is 56.1 Å². The molecule has 2 aromatic rings. The molecular formula is C29H40F6N6O2. The van der Waals surface area contributed by atoms with Crippen LogP contribution in [0, 0.1) is 0 Å². The van der Waals surface area contributed by atoms with Gasteiger partial charge in [-0.15, -0.1) is 0 Å². The fourth-order valence-electron chi connectivity index (χ4n) is 5.16. The topological polar surface area (TPSA) is 73.0 Å². The molecule has 2 aliphatic heterocycles. The molecule has 0 bridgehead atoms. The quantitative estimate of drug-likeness (QED) is 0.259. The van der Waals surface area contributed by atoms with E-state index >= 15 is 0 Å². The van der Waals surface area contributed by atoms with Crippen molar-refractivity contribution < 1.29 is 36.0 Å². The van der Waals surface area contributed by atoms with Crippen molar-refractivity contribution in [2.75, 3.05) is 68.6 Å². The molecule has 2 aliphatic rings. The van der Waals surface area contributed by atoms with E-state index < -0.39 is 23.6 Å². The van der Waals surface area contributed by atoms with Gasteiger partial charge in [0.1, 0.15) is 5.69 Å². The predicted octanol–water partition coefficient (Wildman–Crippen LogP) is 6.12. The number of hydrogen-bond acceptors (Lipinski definition) is 7. The van der Waals surface area contributed by atoms with E-state index in [-0.39, 0.29) is 17.6 Å². The number of nitrogens with zero attached hydrogens (tertiary/aromatic N) is 4. The first-order valence-electron chi connectivity index (χ1n) is 14.5. The summed E-state index contributed by atoms with van der Waals surface area (Å²) < 4.78 is 78.4. The summed E-state index contributed by atoms with van der Waals surface area (Å²) in [5.41, 5.74) is 1.38. The molecule has 43 heavy (non-hydrogen) atoms. The van der Waals surface area contributed by atoms with Crippen LogP contribution in [0.5, 0.6) is 0 Å². The van der Waals surface area contributed by atoms with E-state index in [1.165, 1.54) is 25.4 Å². The van der Waals surface area contributed by atoms with Gasteiger partial charge in [-0.25, -0.2) is 4.98 Å². The highest BCUT2D eigenvalue weighted by atomic mass is 19.4. The number of halogens is 6. The van der Waals surface area contributed by atoms with Gasteiger partial charge in [-0.2, -0.15) is 26.3 Å². The Morgan fingerprint density at radius 2 is 1.63 bits per heavy atom. The van der Waals surface area contributed by atoms with Crippen LogP contribution in [0.4, 0.5) is 43.4 Å². The van der Waals surface area contributed by atoms with Gasteiger partial charge in [0, 0.05) is 57.4 Å². The van der Waals surface area contributed by atoms with Crippen LogP contribution in [-0.4, -0.2) is 79.7 Å². The van der Waals surface area contributed by atoms with Crippen molar-refractivity contribution in [2.24, 2.45) is 0 Å². The average Bonchev–Trinajstić information content (AvgIpc) is 2.99. The number of piperazine rings is 1. The second kappa shape index (κ2) is 15.5. The molecule has 0 aliphatic carbocycles. The minimum Gasteiger partial charge on any atom is -0.382 e. The molecular weight excluding hydrogens is 578 g/mol. The van der Waals surface area contributed by atoms with E-state index in [0.29, 0.717) is 63.2 Å². The molecule has 14 heteroatoms. The predicted molar refractivity (Wildman–Crippen MR) is 154 cm³/mol. The van der Waals surface area contributed by atoms with Gasteiger partial charge in [-0.1, -0.05) is 13.8 Å². The van der Waals surface area contributed by atoms with Crippen LogP contribution in [0.2, 0.25) is 0 Å². The van der Waals surface area contributed by atoms with Crippen LogP contribution in [0.3, 0.4) is 0 Å². The second-order valence-electron chi connectivity index (χ2n) is 10.2. The minimum absolute atomic E-state index is 0.0440. The number of anilines is 3. The van der Waals surface area contributed by atoms with Crippen molar-refractivity contribution >= 4 is 23.0 Å². The highest BCUT2D eigenvalue weighted by Crippen LogP contribution is 2.37. The van der Waals surface area contributed by atoms with Gasteiger partial charge < -0.3 is 15.1 Å². The number of alkyl halides is 6. The van der Waals surface area contributed by atoms with Crippen LogP contribution in [0.1, 0.15) is 50.8 Å². The van der Waals surface area contributed by atoms with E-state index in [1.807, 2.05) is 18.7 Å². The van der Waals surface area contributed by atoms with Crippen LogP contribution in [-0.2, 0) is 22.0 Å². The maximum Gasteiger partial charge on any atom is 0.433 e. The highest BCUT2D eigenvalue weighted by Gasteiger charge is 2.35. The van der Waals surface area contributed by atoms with Gasteiger partial charge in [0.2, 0.25) is 5.91 Å². The van der Waals surface area contributed by atoms with E-state index in [9.17, 15) is 31.1 Å². The third-order valence-corrected chi connectivity index (χ3v) is 7.40. The summed E-state index contributed by atoms with van der Waals surface area (Å²) >= 11 is 0. The molecule has 2 saturated heterocycles. The van der Waals surface area contributed by atoms with Gasteiger partial charge in [-0.3, -0.25) is 20.0 Å². The number of piperidine rings is 1.